The van der Waals surface area contributed by atoms with Gasteiger partial charge in [-0.2, -0.15) is 0 Å². The van der Waals surface area contributed by atoms with E-state index in [1.807, 2.05) is 50.2 Å². The predicted molar refractivity (Wildman–Crippen MR) is 121 cm³/mol. The first-order valence-corrected chi connectivity index (χ1v) is 12.7. The number of benzene rings is 2. The first-order valence-electron chi connectivity index (χ1n) is 10.9. The number of carbonyl (C=O) groups is 1. The van der Waals surface area contributed by atoms with E-state index >= 15 is 0 Å². The molecule has 6 heteroatoms. The average molecular weight is 429 g/mol. The van der Waals surface area contributed by atoms with E-state index in [0.717, 1.165) is 35.1 Å². The highest BCUT2D eigenvalue weighted by molar-refractivity contribution is 7.52. The highest BCUT2D eigenvalue weighted by atomic mass is 31.2. The van der Waals surface area contributed by atoms with Crippen molar-refractivity contribution in [3.63, 3.8) is 0 Å². The van der Waals surface area contributed by atoms with Gasteiger partial charge in [0.15, 0.2) is 0 Å². The van der Waals surface area contributed by atoms with Gasteiger partial charge in [-0.15, -0.1) is 0 Å². The summed E-state index contributed by atoms with van der Waals surface area (Å²) in [6.45, 7) is 4.81. The smallest absolute Gasteiger partial charge is 0.328 e. The number of hydrogen-bond acceptors (Lipinski definition) is 3. The lowest BCUT2D eigenvalue weighted by Crippen LogP contribution is -2.44. The zero-order valence-corrected chi connectivity index (χ0v) is 18.8. The maximum atomic E-state index is 13.4. The van der Waals surface area contributed by atoms with Crippen molar-refractivity contribution in [2.75, 3.05) is 19.3 Å². The van der Waals surface area contributed by atoms with Gasteiger partial charge < -0.3 is 14.7 Å². The van der Waals surface area contributed by atoms with Crippen molar-refractivity contribution in [1.82, 2.24) is 5.32 Å². The number of fused-ring (bicyclic) bond motifs is 3. The second kappa shape index (κ2) is 9.91. The van der Waals surface area contributed by atoms with Gasteiger partial charge in [0.1, 0.15) is 5.41 Å². The third kappa shape index (κ3) is 4.54. The molecule has 2 aromatic carbocycles. The molecule has 0 fully saturated rings. The van der Waals surface area contributed by atoms with E-state index in [2.05, 4.69) is 17.4 Å². The predicted octanol–water partition coefficient (Wildman–Crippen LogP) is 5.26. The van der Waals surface area contributed by atoms with Crippen molar-refractivity contribution in [3.05, 3.63) is 59.7 Å². The van der Waals surface area contributed by atoms with Gasteiger partial charge in [0, 0.05) is 12.7 Å². The maximum Gasteiger partial charge on any atom is 0.328 e. The van der Waals surface area contributed by atoms with Crippen LogP contribution < -0.4 is 5.32 Å². The summed E-state index contributed by atoms with van der Waals surface area (Å²) in [5.41, 5.74) is 3.45. The van der Waals surface area contributed by atoms with Gasteiger partial charge in [-0.25, -0.2) is 0 Å². The molecule has 5 nitrogen and oxygen atoms in total. The molecule has 0 radical (unpaired) electrons. The Bertz CT molecular complexity index is 881. The summed E-state index contributed by atoms with van der Waals surface area (Å²) in [6, 6.07) is 16.2. The first-order chi connectivity index (χ1) is 14.5. The van der Waals surface area contributed by atoms with E-state index in [9.17, 15) is 14.3 Å². The van der Waals surface area contributed by atoms with Crippen molar-refractivity contribution < 1.29 is 18.8 Å². The second-order valence-electron chi connectivity index (χ2n) is 7.86. The van der Waals surface area contributed by atoms with Crippen LogP contribution in [0.5, 0.6) is 0 Å². The molecule has 1 amide bonds. The highest BCUT2D eigenvalue weighted by Gasteiger charge is 2.48. The number of carbonyl (C=O) groups excluding carboxylic acids is 1. The number of rotatable bonds is 11. The van der Waals surface area contributed by atoms with Crippen molar-refractivity contribution in [1.29, 1.82) is 0 Å². The number of hydrogen-bond donors (Lipinski definition) is 2. The Morgan fingerprint density at radius 2 is 1.60 bits per heavy atom. The van der Waals surface area contributed by atoms with E-state index in [1.54, 1.807) is 0 Å². The second-order valence-corrected chi connectivity index (χ2v) is 9.84. The Morgan fingerprint density at radius 1 is 1.00 bits per heavy atom. The van der Waals surface area contributed by atoms with Crippen LogP contribution in [0.4, 0.5) is 0 Å². The lowest BCUT2D eigenvalue weighted by molar-refractivity contribution is -0.125. The molecule has 162 valence electrons. The van der Waals surface area contributed by atoms with Gasteiger partial charge >= 0.3 is 7.60 Å². The van der Waals surface area contributed by atoms with E-state index in [0.29, 0.717) is 32.4 Å². The minimum atomic E-state index is -3.57. The SMILES string of the molecule is CCCCOP(=O)(O)CCCCC1(C(=O)NCC)c2ccccc2-c2ccccc21. The summed E-state index contributed by atoms with van der Waals surface area (Å²) in [5, 5.41) is 3.03. The molecule has 0 heterocycles. The van der Waals surface area contributed by atoms with Crippen molar-refractivity contribution in [3.8, 4) is 11.1 Å². The zero-order valence-electron chi connectivity index (χ0n) is 17.9. The summed E-state index contributed by atoms with van der Waals surface area (Å²) in [5.74, 6) is -0.00576. The molecule has 3 rings (SSSR count). The van der Waals surface area contributed by atoms with Crippen molar-refractivity contribution >= 4 is 13.5 Å². The Hall–Kier alpha value is -1.94. The number of likely N-dealkylation sites (N-methyl/N-ethyl adjacent to an activating group) is 1. The summed E-state index contributed by atoms with van der Waals surface area (Å²) < 4.78 is 17.4. The van der Waals surface area contributed by atoms with E-state index in [-0.39, 0.29) is 12.1 Å². The third-order valence-electron chi connectivity index (χ3n) is 5.82. The van der Waals surface area contributed by atoms with Crippen LogP contribution in [0, 0.1) is 0 Å². The van der Waals surface area contributed by atoms with Gasteiger partial charge in [0.2, 0.25) is 5.91 Å². The molecular formula is C24H32NO4P. The largest absolute Gasteiger partial charge is 0.355 e. The first kappa shape index (κ1) is 22.7. The summed E-state index contributed by atoms with van der Waals surface area (Å²) in [4.78, 5) is 23.5. The summed E-state index contributed by atoms with van der Waals surface area (Å²) in [7, 11) is -3.57. The van der Waals surface area contributed by atoms with E-state index in [4.69, 9.17) is 4.52 Å². The van der Waals surface area contributed by atoms with Gasteiger partial charge in [0.25, 0.3) is 0 Å². The molecule has 1 aliphatic carbocycles. The van der Waals surface area contributed by atoms with Crippen LogP contribution in [0.1, 0.15) is 57.1 Å². The van der Waals surface area contributed by atoms with Crippen LogP contribution in [0.2, 0.25) is 0 Å². The molecule has 2 aromatic rings. The fourth-order valence-electron chi connectivity index (χ4n) is 4.38. The fraction of sp³-hybridized carbons (Fsp3) is 0.458. The molecule has 0 aliphatic heterocycles. The van der Waals surface area contributed by atoms with E-state index in [1.165, 1.54) is 0 Å². The molecule has 0 bridgehead atoms. The van der Waals surface area contributed by atoms with Crippen molar-refractivity contribution in [2.45, 2.75) is 51.4 Å². The minimum absolute atomic E-state index is 0.00576. The maximum absolute atomic E-state index is 13.4. The van der Waals surface area contributed by atoms with Crippen LogP contribution in [0.25, 0.3) is 11.1 Å². The Kier molecular flexibility index (Phi) is 7.51. The topological polar surface area (TPSA) is 75.6 Å². The van der Waals surface area contributed by atoms with Crippen LogP contribution in [-0.2, 0) is 19.3 Å². The van der Waals surface area contributed by atoms with Crippen molar-refractivity contribution in [2.24, 2.45) is 0 Å². The summed E-state index contributed by atoms with van der Waals surface area (Å²) in [6.07, 6.45) is 3.59. The normalized spacial score (nSPS) is 15.8. The Labute approximate surface area is 179 Å². The Balaban J connectivity index is 1.83. The quantitative estimate of drug-likeness (QED) is 0.377. The van der Waals surface area contributed by atoms with Gasteiger partial charge in [-0.3, -0.25) is 9.36 Å². The summed E-state index contributed by atoms with van der Waals surface area (Å²) >= 11 is 0. The molecule has 0 aromatic heterocycles. The lowest BCUT2D eigenvalue weighted by Gasteiger charge is -2.31. The molecule has 30 heavy (non-hydrogen) atoms. The van der Waals surface area contributed by atoms with Crippen LogP contribution in [0.3, 0.4) is 0 Å². The molecule has 0 saturated carbocycles. The van der Waals surface area contributed by atoms with Crippen LogP contribution >= 0.6 is 7.60 Å². The molecule has 1 unspecified atom stereocenters. The molecule has 1 aliphatic rings. The standard InChI is InChI=1S/C24H32NO4P/c1-3-5-17-29-30(27,28)18-11-10-16-24(23(26)25-4-2)21-14-8-6-12-19(21)20-13-7-9-15-22(20)24/h6-9,12-15H,3-5,10-11,16-18H2,1-2H3,(H,25,26)(H,27,28). The fourth-order valence-corrected chi connectivity index (χ4v) is 5.55. The minimum Gasteiger partial charge on any atom is -0.355 e. The molecule has 1 atom stereocenters. The number of amides is 1. The Morgan fingerprint density at radius 3 is 2.17 bits per heavy atom. The molecule has 2 N–H and O–H groups in total. The molecular weight excluding hydrogens is 397 g/mol. The molecule has 0 saturated heterocycles. The van der Waals surface area contributed by atoms with Gasteiger partial charge in [-0.1, -0.05) is 68.3 Å². The van der Waals surface area contributed by atoms with E-state index < -0.39 is 13.0 Å². The lowest BCUT2D eigenvalue weighted by atomic mass is 9.73. The van der Waals surface area contributed by atoms with Crippen LogP contribution in [0.15, 0.2) is 48.5 Å². The average Bonchev–Trinajstić information content (AvgIpc) is 3.03. The third-order valence-corrected chi connectivity index (χ3v) is 7.29. The van der Waals surface area contributed by atoms with Gasteiger partial charge in [0.05, 0.1) is 6.61 Å². The monoisotopic (exact) mass is 429 g/mol. The van der Waals surface area contributed by atoms with Gasteiger partial charge in [-0.05, 0) is 48.4 Å². The zero-order chi connectivity index (χ0) is 21.6. The molecule has 0 spiro atoms. The highest BCUT2D eigenvalue weighted by Crippen LogP contribution is 2.52. The number of nitrogens with one attached hydrogen (secondary N) is 1. The number of unbranched alkanes of at least 4 members (excludes halogenated alkanes) is 2. The van der Waals surface area contributed by atoms with Crippen LogP contribution in [-0.4, -0.2) is 30.1 Å².